The van der Waals surface area contributed by atoms with Crippen molar-refractivity contribution in [3.63, 3.8) is 0 Å². The molecule has 6 heteroatoms. The molecule has 0 aromatic heterocycles. The van der Waals surface area contributed by atoms with E-state index < -0.39 is 24.0 Å². The van der Waals surface area contributed by atoms with Crippen LogP contribution in [0.4, 0.5) is 4.79 Å². The summed E-state index contributed by atoms with van der Waals surface area (Å²) in [5.41, 5.74) is 1.70. The molecule has 2 rings (SSSR count). The van der Waals surface area contributed by atoms with Crippen LogP contribution >= 0.6 is 0 Å². The molecule has 2 aromatic rings. The van der Waals surface area contributed by atoms with E-state index in [0.29, 0.717) is 6.42 Å². The number of Topliss-reactive ketones (excluding diaryl/α,β-unsaturated/α-hetero) is 1. The number of alkyl carbamates (subject to hydrolysis) is 1. The van der Waals surface area contributed by atoms with Crippen molar-refractivity contribution in [1.29, 1.82) is 0 Å². The van der Waals surface area contributed by atoms with E-state index in [2.05, 4.69) is 5.32 Å². The molecule has 0 radical (unpaired) electrons. The number of carbonyl (C=O) groups excluding carboxylic acids is 2. The first-order valence-corrected chi connectivity index (χ1v) is 9.26. The standard InChI is InChI=1S/C22H25NO5/c1-2-18(21(25)26)14-20(24)19(13-16-9-5-3-6-10-16)23-22(27)28-15-17-11-7-4-8-12-17/h3-12,18-19H,2,13-15H2,1H3,(H,23,27)(H,25,26)/t18-,19+/m1/s1. The van der Waals surface area contributed by atoms with E-state index in [1.807, 2.05) is 60.7 Å². The van der Waals surface area contributed by atoms with Crippen molar-refractivity contribution in [3.05, 3.63) is 71.8 Å². The highest BCUT2D eigenvalue weighted by atomic mass is 16.5. The third kappa shape index (κ3) is 6.87. The summed E-state index contributed by atoms with van der Waals surface area (Å²) in [6.45, 7) is 1.81. The van der Waals surface area contributed by atoms with Crippen molar-refractivity contribution in [2.45, 2.75) is 38.8 Å². The second-order valence-electron chi connectivity index (χ2n) is 6.56. The Hall–Kier alpha value is -3.15. The van der Waals surface area contributed by atoms with Gasteiger partial charge >= 0.3 is 12.1 Å². The zero-order chi connectivity index (χ0) is 20.4. The minimum atomic E-state index is -1.01. The number of hydrogen-bond donors (Lipinski definition) is 2. The van der Waals surface area contributed by atoms with Gasteiger partial charge in [-0.15, -0.1) is 0 Å². The Morgan fingerprint density at radius 3 is 2.07 bits per heavy atom. The summed E-state index contributed by atoms with van der Waals surface area (Å²) in [5, 5.41) is 11.8. The van der Waals surface area contributed by atoms with E-state index in [4.69, 9.17) is 4.74 Å². The Balaban J connectivity index is 2.03. The Morgan fingerprint density at radius 2 is 1.54 bits per heavy atom. The summed E-state index contributed by atoms with van der Waals surface area (Å²) in [7, 11) is 0. The topological polar surface area (TPSA) is 92.7 Å². The third-order valence-electron chi connectivity index (χ3n) is 4.47. The second-order valence-corrected chi connectivity index (χ2v) is 6.56. The largest absolute Gasteiger partial charge is 0.481 e. The molecule has 1 amide bonds. The Bertz CT molecular complexity index is 776. The molecule has 0 aliphatic carbocycles. The number of nitrogens with one attached hydrogen (secondary N) is 1. The molecule has 0 heterocycles. The number of rotatable bonds is 10. The van der Waals surface area contributed by atoms with Gasteiger partial charge in [0.05, 0.1) is 12.0 Å². The summed E-state index contributed by atoms with van der Waals surface area (Å²) in [6.07, 6.45) is -0.225. The number of ketones is 1. The lowest BCUT2D eigenvalue weighted by molar-refractivity contribution is -0.144. The van der Waals surface area contributed by atoms with Gasteiger partial charge in [0.15, 0.2) is 5.78 Å². The van der Waals surface area contributed by atoms with Gasteiger partial charge in [-0.2, -0.15) is 0 Å². The molecule has 0 aliphatic heterocycles. The van der Waals surface area contributed by atoms with Crippen molar-refractivity contribution in [3.8, 4) is 0 Å². The van der Waals surface area contributed by atoms with E-state index in [0.717, 1.165) is 11.1 Å². The third-order valence-corrected chi connectivity index (χ3v) is 4.47. The molecule has 0 fully saturated rings. The van der Waals surface area contributed by atoms with Gasteiger partial charge in [0.2, 0.25) is 0 Å². The molecule has 0 saturated heterocycles. The van der Waals surface area contributed by atoms with Crippen molar-refractivity contribution in [2.24, 2.45) is 5.92 Å². The molecular formula is C22H25NO5. The Morgan fingerprint density at radius 1 is 0.964 bits per heavy atom. The van der Waals surface area contributed by atoms with Crippen LogP contribution in [0.5, 0.6) is 0 Å². The number of aliphatic carboxylic acids is 1. The number of benzene rings is 2. The zero-order valence-electron chi connectivity index (χ0n) is 15.8. The summed E-state index contributed by atoms with van der Waals surface area (Å²) in [6, 6.07) is 17.6. The van der Waals surface area contributed by atoms with Crippen LogP contribution in [-0.2, 0) is 27.4 Å². The molecule has 28 heavy (non-hydrogen) atoms. The van der Waals surface area contributed by atoms with Gasteiger partial charge in [-0.3, -0.25) is 9.59 Å². The molecule has 0 spiro atoms. The fourth-order valence-corrected chi connectivity index (χ4v) is 2.79. The quantitative estimate of drug-likeness (QED) is 0.654. The molecule has 0 aliphatic rings. The van der Waals surface area contributed by atoms with E-state index >= 15 is 0 Å². The summed E-state index contributed by atoms with van der Waals surface area (Å²) < 4.78 is 5.21. The van der Waals surface area contributed by atoms with Gasteiger partial charge in [-0.1, -0.05) is 67.6 Å². The fraction of sp³-hybridized carbons (Fsp3) is 0.318. The maximum absolute atomic E-state index is 12.7. The summed E-state index contributed by atoms with van der Waals surface area (Å²) in [5.74, 6) is -2.11. The normalized spacial score (nSPS) is 12.6. The monoisotopic (exact) mass is 383 g/mol. The minimum absolute atomic E-state index is 0.0889. The van der Waals surface area contributed by atoms with Gasteiger partial charge in [-0.05, 0) is 24.0 Å². The maximum atomic E-state index is 12.7. The lowest BCUT2D eigenvalue weighted by atomic mass is 9.93. The first-order valence-electron chi connectivity index (χ1n) is 9.26. The number of carboxylic acids is 1. The van der Waals surface area contributed by atoms with Gasteiger partial charge in [0.25, 0.3) is 0 Å². The first kappa shape index (κ1) is 21.2. The highest BCUT2D eigenvalue weighted by Crippen LogP contribution is 2.13. The van der Waals surface area contributed by atoms with E-state index in [-0.39, 0.29) is 25.2 Å². The molecule has 0 saturated carbocycles. The SMILES string of the molecule is CC[C@H](CC(=O)[C@H](Cc1ccccc1)NC(=O)OCc1ccccc1)C(=O)O. The predicted octanol–water partition coefficient (Wildman–Crippen LogP) is 3.59. The maximum Gasteiger partial charge on any atom is 0.408 e. The van der Waals surface area contributed by atoms with Crippen molar-refractivity contribution >= 4 is 17.8 Å². The molecular weight excluding hydrogens is 358 g/mol. The lowest BCUT2D eigenvalue weighted by Gasteiger charge is -2.19. The van der Waals surface area contributed by atoms with Gasteiger partial charge in [0, 0.05) is 6.42 Å². The smallest absolute Gasteiger partial charge is 0.408 e. The number of carbonyl (C=O) groups is 3. The highest BCUT2D eigenvalue weighted by molar-refractivity contribution is 5.90. The lowest BCUT2D eigenvalue weighted by Crippen LogP contribution is -2.43. The van der Waals surface area contributed by atoms with Crippen LogP contribution in [0.3, 0.4) is 0 Å². The van der Waals surface area contributed by atoms with Crippen LogP contribution in [0.1, 0.15) is 30.9 Å². The molecule has 0 unspecified atom stereocenters. The van der Waals surface area contributed by atoms with Crippen LogP contribution in [-0.4, -0.2) is 29.0 Å². The molecule has 2 aromatic carbocycles. The Kier molecular flexibility index (Phi) is 8.21. The molecule has 0 bridgehead atoms. The number of amides is 1. The van der Waals surface area contributed by atoms with Gasteiger partial charge < -0.3 is 15.2 Å². The second kappa shape index (κ2) is 10.9. The van der Waals surface area contributed by atoms with Crippen LogP contribution < -0.4 is 5.32 Å². The zero-order valence-corrected chi connectivity index (χ0v) is 15.8. The van der Waals surface area contributed by atoms with E-state index in [1.165, 1.54) is 0 Å². The van der Waals surface area contributed by atoms with Crippen LogP contribution in [0.15, 0.2) is 60.7 Å². The van der Waals surface area contributed by atoms with E-state index in [9.17, 15) is 19.5 Å². The number of hydrogen-bond acceptors (Lipinski definition) is 4. The van der Waals surface area contributed by atoms with Crippen molar-refractivity contribution in [2.75, 3.05) is 0 Å². The van der Waals surface area contributed by atoms with Crippen LogP contribution in [0, 0.1) is 5.92 Å². The van der Waals surface area contributed by atoms with Gasteiger partial charge in [0.1, 0.15) is 6.61 Å². The fourth-order valence-electron chi connectivity index (χ4n) is 2.79. The molecule has 6 nitrogen and oxygen atoms in total. The van der Waals surface area contributed by atoms with Crippen molar-refractivity contribution in [1.82, 2.24) is 5.32 Å². The minimum Gasteiger partial charge on any atom is -0.481 e. The number of ether oxygens (including phenoxy) is 1. The van der Waals surface area contributed by atoms with Crippen LogP contribution in [0.2, 0.25) is 0 Å². The number of carboxylic acid groups (broad SMARTS) is 1. The summed E-state index contributed by atoms with van der Waals surface area (Å²) in [4.78, 5) is 36.2. The predicted molar refractivity (Wildman–Crippen MR) is 105 cm³/mol. The first-order chi connectivity index (χ1) is 13.5. The summed E-state index contributed by atoms with van der Waals surface area (Å²) >= 11 is 0. The highest BCUT2D eigenvalue weighted by Gasteiger charge is 2.27. The molecule has 2 atom stereocenters. The molecule has 2 N–H and O–H groups in total. The average molecular weight is 383 g/mol. The average Bonchev–Trinajstić information content (AvgIpc) is 2.71. The van der Waals surface area contributed by atoms with Gasteiger partial charge in [-0.25, -0.2) is 4.79 Å². The van der Waals surface area contributed by atoms with Crippen molar-refractivity contribution < 1.29 is 24.2 Å². The molecule has 148 valence electrons. The van der Waals surface area contributed by atoms with E-state index in [1.54, 1.807) is 6.92 Å². The van der Waals surface area contributed by atoms with Crippen LogP contribution in [0.25, 0.3) is 0 Å². The Labute approximate surface area is 164 Å².